The van der Waals surface area contributed by atoms with Gasteiger partial charge in [-0.05, 0) is 19.4 Å². The predicted molar refractivity (Wildman–Crippen MR) is 51.8 cm³/mol. The van der Waals surface area contributed by atoms with E-state index in [2.05, 4.69) is 15.5 Å². The standard InChI is InChI=1S/C9H16N4O/c1-13-11-6-8(12-13)5-9(14)3-2-4-10-7-9/h6,10,14H,2-5,7H2,1H3. The largest absolute Gasteiger partial charge is 0.388 e. The fourth-order valence-corrected chi connectivity index (χ4v) is 1.91. The number of nitrogens with one attached hydrogen (secondary N) is 1. The van der Waals surface area contributed by atoms with Gasteiger partial charge in [0.05, 0.1) is 17.5 Å². The zero-order valence-electron chi connectivity index (χ0n) is 8.40. The molecule has 0 aromatic carbocycles. The highest BCUT2D eigenvalue weighted by Crippen LogP contribution is 2.19. The van der Waals surface area contributed by atoms with Gasteiger partial charge >= 0.3 is 0 Å². The minimum atomic E-state index is -0.631. The average molecular weight is 196 g/mol. The Hall–Kier alpha value is -0.940. The zero-order chi connectivity index (χ0) is 10.0. The molecule has 1 aliphatic heterocycles. The maximum Gasteiger partial charge on any atom is 0.0856 e. The summed E-state index contributed by atoms with van der Waals surface area (Å²) in [5.41, 5.74) is 0.229. The lowest BCUT2D eigenvalue weighted by Crippen LogP contribution is -2.47. The number of rotatable bonds is 2. The Kier molecular flexibility index (Phi) is 2.52. The normalized spacial score (nSPS) is 27.9. The molecule has 2 N–H and O–H groups in total. The van der Waals surface area contributed by atoms with Crippen LogP contribution in [0.4, 0.5) is 0 Å². The van der Waals surface area contributed by atoms with Gasteiger partial charge in [0.2, 0.25) is 0 Å². The maximum absolute atomic E-state index is 10.2. The van der Waals surface area contributed by atoms with Crippen molar-refractivity contribution in [3.63, 3.8) is 0 Å². The molecule has 5 nitrogen and oxygen atoms in total. The van der Waals surface area contributed by atoms with Gasteiger partial charge in [-0.2, -0.15) is 15.0 Å². The SMILES string of the molecule is Cn1ncc(CC2(O)CCCNC2)n1. The molecule has 1 saturated heterocycles. The van der Waals surface area contributed by atoms with Crippen molar-refractivity contribution in [2.75, 3.05) is 13.1 Å². The number of aliphatic hydroxyl groups is 1. The second-order valence-electron chi connectivity index (χ2n) is 4.01. The molecule has 1 unspecified atom stereocenters. The smallest absolute Gasteiger partial charge is 0.0856 e. The highest BCUT2D eigenvalue weighted by molar-refractivity contribution is 5.01. The first kappa shape index (κ1) is 9.61. The second kappa shape index (κ2) is 3.67. The Bertz CT molecular complexity index is 304. The molecule has 0 aliphatic carbocycles. The van der Waals surface area contributed by atoms with Crippen LogP contribution in [0.2, 0.25) is 0 Å². The van der Waals surface area contributed by atoms with Crippen LogP contribution < -0.4 is 5.32 Å². The van der Waals surface area contributed by atoms with Crippen LogP contribution in [0.15, 0.2) is 6.20 Å². The van der Waals surface area contributed by atoms with Crippen molar-refractivity contribution in [1.82, 2.24) is 20.3 Å². The van der Waals surface area contributed by atoms with Crippen LogP contribution in [-0.2, 0) is 13.5 Å². The molecule has 2 heterocycles. The van der Waals surface area contributed by atoms with Crippen molar-refractivity contribution < 1.29 is 5.11 Å². The molecule has 1 aromatic heterocycles. The van der Waals surface area contributed by atoms with Crippen LogP contribution in [0, 0.1) is 0 Å². The third-order valence-electron chi connectivity index (χ3n) is 2.61. The van der Waals surface area contributed by atoms with Gasteiger partial charge in [-0.25, -0.2) is 0 Å². The molecular weight excluding hydrogens is 180 g/mol. The number of β-amino-alcohol motifs (C(OH)–C–C–N with tert-alkyl or cyclic N) is 1. The second-order valence-corrected chi connectivity index (χ2v) is 4.01. The Morgan fingerprint density at radius 3 is 3.14 bits per heavy atom. The Morgan fingerprint density at radius 1 is 1.71 bits per heavy atom. The lowest BCUT2D eigenvalue weighted by atomic mass is 9.90. The molecule has 1 aliphatic rings. The summed E-state index contributed by atoms with van der Waals surface area (Å²) >= 11 is 0. The van der Waals surface area contributed by atoms with E-state index in [1.54, 1.807) is 13.2 Å². The maximum atomic E-state index is 10.2. The van der Waals surface area contributed by atoms with E-state index >= 15 is 0 Å². The van der Waals surface area contributed by atoms with Crippen molar-refractivity contribution in [2.45, 2.75) is 24.9 Å². The quantitative estimate of drug-likeness (QED) is 0.667. The first-order valence-corrected chi connectivity index (χ1v) is 4.96. The molecule has 0 amide bonds. The first-order valence-electron chi connectivity index (χ1n) is 4.96. The summed E-state index contributed by atoms with van der Waals surface area (Å²) in [6.07, 6.45) is 4.17. The van der Waals surface area contributed by atoms with E-state index in [1.165, 1.54) is 4.80 Å². The molecule has 0 saturated carbocycles. The van der Waals surface area contributed by atoms with Gasteiger partial charge in [-0.3, -0.25) is 0 Å². The average Bonchev–Trinajstić information content (AvgIpc) is 2.51. The number of hydrogen-bond donors (Lipinski definition) is 2. The fourth-order valence-electron chi connectivity index (χ4n) is 1.91. The van der Waals surface area contributed by atoms with Gasteiger partial charge < -0.3 is 10.4 Å². The van der Waals surface area contributed by atoms with Crippen molar-refractivity contribution in [2.24, 2.45) is 7.05 Å². The highest BCUT2D eigenvalue weighted by atomic mass is 16.3. The van der Waals surface area contributed by atoms with E-state index in [9.17, 15) is 5.11 Å². The highest BCUT2D eigenvalue weighted by Gasteiger charge is 2.30. The van der Waals surface area contributed by atoms with E-state index in [1.807, 2.05) is 0 Å². The van der Waals surface area contributed by atoms with Crippen molar-refractivity contribution >= 4 is 0 Å². The third kappa shape index (κ3) is 2.10. The van der Waals surface area contributed by atoms with Gasteiger partial charge in [-0.15, -0.1) is 0 Å². The van der Waals surface area contributed by atoms with Gasteiger partial charge in [0, 0.05) is 20.0 Å². The summed E-state index contributed by atoms with van der Waals surface area (Å²) in [6.45, 7) is 1.66. The molecule has 0 bridgehead atoms. The van der Waals surface area contributed by atoms with E-state index in [-0.39, 0.29) is 0 Å². The van der Waals surface area contributed by atoms with Crippen molar-refractivity contribution in [1.29, 1.82) is 0 Å². The van der Waals surface area contributed by atoms with E-state index in [0.29, 0.717) is 13.0 Å². The Morgan fingerprint density at radius 2 is 2.57 bits per heavy atom. The molecule has 78 valence electrons. The third-order valence-corrected chi connectivity index (χ3v) is 2.61. The minimum Gasteiger partial charge on any atom is -0.388 e. The van der Waals surface area contributed by atoms with Crippen LogP contribution in [-0.4, -0.2) is 38.8 Å². The van der Waals surface area contributed by atoms with Gasteiger partial charge in [0.1, 0.15) is 0 Å². The summed E-state index contributed by atoms with van der Waals surface area (Å²) in [7, 11) is 1.78. The summed E-state index contributed by atoms with van der Waals surface area (Å²) in [6, 6.07) is 0. The predicted octanol–water partition coefficient (Wildman–Crippen LogP) is -0.528. The van der Waals surface area contributed by atoms with Crippen LogP contribution in [0.3, 0.4) is 0 Å². The molecule has 1 atom stereocenters. The number of piperidine rings is 1. The number of aromatic nitrogens is 3. The van der Waals surface area contributed by atoms with E-state index < -0.39 is 5.60 Å². The van der Waals surface area contributed by atoms with Crippen molar-refractivity contribution in [3.05, 3.63) is 11.9 Å². The number of hydrogen-bond acceptors (Lipinski definition) is 4. The monoisotopic (exact) mass is 196 g/mol. The number of nitrogens with zero attached hydrogens (tertiary/aromatic N) is 3. The molecular formula is C9H16N4O. The zero-order valence-corrected chi connectivity index (χ0v) is 8.40. The summed E-state index contributed by atoms with van der Waals surface area (Å²) in [5.74, 6) is 0. The molecule has 1 fully saturated rings. The molecule has 5 heteroatoms. The Balaban J connectivity index is 2.01. The molecule has 1 aromatic rings. The number of aryl methyl sites for hydroxylation is 1. The summed E-state index contributed by atoms with van der Waals surface area (Å²) in [5, 5.41) is 21.5. The molecule has 2 rings (SSSR count). The minimum absolute atomic E-state index is 0.591. The van der Waals surface area contributed by atoms with Crippen LogP contribution in [0.5, 0.6) is 0 Å². The Labute approximate surface area is 83.1 Å². The summed E-state index contributed by atoms with van der Waals surface area (Å²) in [4.78, 5) is 1.52. The van der Waals surface area contributed by atoms with E-state index in [0.717, 1.165) is 25.1 Å². The fraction of sp³-hybridized carbons (Fsp3) is 0.778. The first-order chi connectivity index (χ1) is 6.68. The van der Waals surface area contributed by atoms with E-state index in [4.69, 9.17) is 0 Å². The van der Waals surface area contributed by atoms with Gasteiger partial charge in [0.15, 0.2) is 0 Å². The van der Waals surface area contributed by atoms with Crippen LogP contribution >= 0.6 is 0 Å². The van der Waals surface area contributed by atoms with Gasteiger partial charge in [-0.1, -0.05) is 0 Å². The molecule has 0 radical (unpaired) electrons. The molecule has 14 heavy (non-hydrogen) atoms. The lowest BCUT2D eigenvalue weighted by Gasteiger charge is -2.31. The lowest BCUT2D eigenvalue weighted by molar-refractivity contribution is 0.0160. The van der Waals surface area contributed by atoms with Crippen molar-refractivity contribution in [3.8, 4) is 0 Å². The van der Waals surface area contributed by atoms with Crippen LogP contribution in [0.1, 0.15) is 18.5 Å². The summed E-state index contributed by atoms with van der Waals surface area (Å²) < 4.78 is 0. The topological polar surface area (TPSA) is 63.0 Å². The van der Waals surface area contributed by atoms with Crippen LogP contribution in [0.25, 0.3) is 0 Å². The van der Waals surface area contributed by atoms with Gasteiger partial charge in [0.25, 0.3) is 0 Å². The molecule has 0 spiro atoms.